The fourth-order valence-corrected chi connectivity index (χ4v) is 1.52. The second-order valence-corrected chi connectivity index (χ2v) is 3.82. The maximum Gasteiger partial charge on any atom is 0.0343 e. The summed E-state index contributed by atoms with van der Waals surface area (Å²) in [6.45, 7) is 9.83. The van der Waals surface area contributed by atoms with E-state index in [0.717, 1.165) is 18.5 Å². The van der Waals surface area contributed by atoms with Gasteiger partial charge in [-0.3, -0.25) is 0 Å². The van der Waals surface area contributed by atoms with Gasteiger partial charge in [-0.1, -0.05) is 24.3 Å². The molecule has 1 heteroatoms. The van der Waals surface area contributed by atoms with Crippen LogP contribution in [0.25, 0.3) is 6.08 Å². The molecule has 0 saturated carbocycles. The Hall–Kier alpha value is -1.50. The fraction of sp³-hybridized carbons (Fsp3) is 0.286. The molecule has 0 heterocycles. The Bertz CT molecular complexity index is 364. The van der Waals surface area contributed by atoms with Crippen LogP contribution in [0.1, 0.15) is 24.5 Å². The Morgan fingerprint density at radius 3 is 2.73 bits per heavy atom. The fourth-order valence-electron chi connectivity index (χ4n) is 1.52. The van der Waals surface area contributed by atoms with Crippen LogP contribution in [0.2, 0.25) is 0 Å². The minimum atomic E-state index is 1.04. The van der Waals surface area contributed by atoms with E-state index in [4.69, 9.17) is 0 Å². The molecule has 1 aromatic carbocycles. The highest BCUT2D eigenvalue weighted by molar-refractivity contribution is 5.59. The lowest BCUT2D eigenvalue weighted by atomic mass is 10.00. The number of aryl methyl sites for hydroxylation is 1. The molecule has 0 aliphatic carbocycles. The van der Waals surface area contributed by atoms with Crippen LogP contribution >= 0.6 is 0 Å². The van der Waals surface area contributed by atoms with Gasteiger partial charge in [-0.05, 0) is 43.0 Å². The van der Waals surface area contributed by atoms with Crippen molar-refractivity contribution in [2.75, 3.05) is 12.4 Å². The zero-order valence-electron chi connectivity index (χ0n) is 9.64. The van der Waals surface area contributed by atoms with Crippen molar-refractivity contribution in [2.24, 2.45) is 0 Å². The van der Waals surface area contributed by atoms with Crippen molar-refractivity contribution in [2.45, 2.75) is 19.8 Å². The summed E-state index contributed by atoms with van der Waals surface area (Å²) in [6, 6.07) is 6.38. The van der Waals surface area contributed by atoms with Gasteiger partial charge in [0.25, 0.3) is 0 Å². The molecule has 15 heavy (non-hydrogen) atoms. The molecule has 1 rings (SSSR count). The molecule has 0 spiro atoms. The van der Waals surface area contributed by atoms with E-state index in [-0.39, 0.29) is 0 Å². The van der Waals surface area contributed by atoms with Crippen LogP contribution in [0, 0.1) is 0 Å². The lowest BCUT2D eigenvalue weighted by molar-refractivity contribution is 0.943. The summed E-state index contributed by atoms with van der Waals surface area (Å²) in [5, 5.41) is 3.13. The normalized spacial score (nSPS) is 9.73. The van der Waals surface area contributed by atoms with E-state index in [9.17, 15) is 0 Å². The zero-order valence-corrected chi connectivity index (χ0v) is 9.64. The molecule has 0 unspecified atom stereocenters. The van der Waals surface area contributed by atoms with Crippen molar-refractivity contribution in [3.63, 3.8) is 0 Å². The minimum absolute atomic E-state index is 1.04. The van der Waals surface area contributed by atoms with Crippen LogP contribution in [0.5, 0.6) is 0 Å². The number of anilines is 1. The number of nitrogens with one attached hydrogen (secondary N) is 1. The first-order valence-corrected chi connectivity index (χ1v) is 5.25. The summed E-state index contributed by atoms with van der Waals surface area (Å²) in [5.74, 6) is 0. The van der Waals surface area contributed by atoms with Crippen LogP contribution in [0.15, 0.2) is 36.9 Å². The SMILES string of the molecule is C=Cc1cc(NC)ccc1CCC(=C)C. The van der Waals surface area contributed by atoms with Gasteiger partial charge in [-0.2, -0.15) is 0 Å². The van der Waals surface area contributed by atoms with E-state index >= 15 is 0 Å². The highest BCUT2D eigenvalue weighted by Crippen LogP contribution is 2.19. The second kappa shape index (κ2) is 5.40. The first-order valence-electron chi connectivity index (χ1n) is 5.25. The van der Waals surface area contributed by atoms with Crippen molar-refractivity contribution in [3.8, 4) is 0 Å². The van der Waals surface area contributed by atoms with Crippen molar-refractivity contribution >= 4 is 11.8 Å². The number of benzene rings is 1. The molecule has 0 atom stereocenters. The summed E-state index contributed by atoms with van der Waals surface area (Å²) in [7, 11) is 1.93. The summed E-state index contributed by atoms with van der Waals surface area (Å²) >= 11 is 0. The molecule has 1 aromatic rings. The van der Waals surface area contributed by atoms with Crippen LogP contribution in [-0.2, 0) is 6.42 Å². The molecular weight excluding hydrogens is 182 g/mol. The van der Waals surface area contributed by atoms with Crippen LogP contribution in [0.4, 0.5) is 5.69 Å². The predicted molar refractivity (Wildman–Crippen MR) is 69.2 cm³/mol. The lowest BCUT2D eigenvalue weighted by Crippen LogP contribution is -1.94. The monoisotopic (exact) mass is 201 g/mol. The van der Waals surface area contributed by atoms with E-state index in [1.54, 1.807) is 0 Å². The van der Waals surface area contributed by atoms with Gasteiger partial charge in [0.2, 0.25) is 0 Å². The number of rotatable bonds is 5. The topological polar surface area (TPSA) is 12.0 Å². The van der Waals surface area contributed by atoms with Gasteiger partial charge in [0.15, 0.2) is 0 Å². The molecular formula is C14H19N. The van der Waals surface area contributed by atoms with E-state index in [1.165, 1.54) is 16.7 Å². The van der Waals surface area contributed by atoms with Gasteiger partial charge >= 0.3 is 0 Å². The molecule has 0 saturated heterocycles. The zero-order chi connectivity index (χ0) is 11.3. The second-order valence-electron chi connectivity index (χ2n) is 3.82. The maximum atomic E-state index is 3.92. The summed E-state index contributed by atoms with van der Waals surface area (Å²) < 4.78 is 0. The summed E-state index contributed by atoms with van der Waals surface area (Å²) in [5.41, 5.74) is 4.90. The quantitative estimate of drug-likeness (QED) is 0.713. The van der Waals surface area contributed by atoms with E-state index in [0.29, 0.717) is 0 Å². The number of allylic oxidation sites excluding steroid dienone is 1. The predicted octanol–water partition coefficient (Wildman–Crippen LogP) is 3.88. The average Bonchev–Trinajstić information content (AvgIpc) is 2.25. The van der Waals surface area contributed by atoms with Gasteiger partial charge < -0.3 is 5.32 Å². The third kappa shape index (κ3) is 3.28. The van der Waals surface area contributed by atoms with Crippen molar-refractivity contribution in [1.29, 1.82) is 0 Å². The van der Waals surface area contributed by atoms with Gasteiger partial charge in [0, 0.05) is 12.7 Å². The molecule has 0 bridgehead atoms. The first-order chi connectivity index (χ1) is 7.17. The number of hydrogen-bond donors (Lipinski definition) is 1. The molecule has 0 radical (unpaired) electrons. The molecule has 1 N–H and O–H groups in total. The van der Waals surface area contributed by atoms with Gasteiger partial charge in [0.05, 0.1) is 0 Å². The van der Waals surface area contributed by atoms with Crippen molar-refractivity contribution in [1.82, 2.24) is 0 Å². The maximum absolute atomic E-state index is 3.92. The Morgan fingerprint density at radius 1 is 1.47 bits per heavy atom. The van der Waals surface area contributed by atoms with Gasteiger partial charge in [-0.15, -0.1) is 6.58 Å². The van der Waals surface area contributed by atoms with Crippen LogP contribution in [-0.4, -0.2) is 7.05 Å². The van der Waals surface area contributed by atoms with Crippen LogP contribution in [0.3, 0.4) is 0 Å². The van der Waals surface area contributed by atoms with E-state index in [2.05, 4.69) is 43.6 Å². The molecule has 0 fully saturated rings. The Labute approximate surface area is 92.5 Å². The standard InChI is InChI=1S/C14H19N/c1-5-12-10-14(15-4)9-8-13(12)7-6-11(2)3/h5,8-10,15H,1-2,6-7H2,3-4H3. The Morgan fingerprint density at radius 2 is 2.20 bits per heavy atom. The summed E-state index contributed by atoms with van der Waals surface area (Å²) in [4.78, 5) is 0. The molecule has 0 amide bonds. The summed E-state index contributed by atoms with van der Waals surface area (Å²) in [6.07, 6.45) is 4.00. The van der Waals surface area contributed by atoms with E-state index < -0.39 is 0 Å². The highest BCUT2D eigenvalue weighted by Gasteiger charge is 2.00. The first kappa shape index (κ1) is 11.6. The minimum Gasteiger partial charge on any atom is -0.388 e. The third-order valence-corrected chi connectivity index (χ3v) is 2.48. The Balaban J connectivity index is 2.87. The molecule has 0 aliphatic rings. The average molecular weight is 201 g/mol. The molecule has 0 aromatic heterocycles. The molecule has 80 valence electrons. The van der Waals surface area contributed by atoms with E-state index in [1.807, 2.05) is 13.1 Å². The van der Waals surface area contributed by atoms with Crippen molar-refractivity contribution in [3.05, 3.63) is 48.1 Å². The largest absolute Gasteiger partial charge is 0.388 e. The van der Waals surface area contributed by atoms with Crippen molar-refractivity contribution < 1.29 is 0 Å². The van der Waals surface area contributed by atoms with Gasteiger partial charge in [-0.25, -0.2) is 0 Å². The molecule has 0 aliphatic heterocycles. The smallest absolute Gasteiger partial charge is 0.0343 e. The number of hydrogen-bond acceptors (Lipinski definition) is 1. The molecule has 1 nitrogen and oxygen atoms in total. The third-order valence-electron chi connectivity index (χ3n) is 2.48. The Kier molecular flexibility index (Phi) is 4.17. The highest BCUT2D eigenvalue weighted by atomic mass is 14.8. The van der Waals surface area contributed by atoms with Gasteiger partial charge in [0.1, 0.15) is 0 Å². The van der Waals surface area contributed by atoms with Crippen LogP contribution < -0.4 is 5.32 Å². The lowest BCUT2D eigenvalue weighted by Gasteiger charge is -2.08.